The molecule has 5 nitrogen and oxygen atoms in total. The van der Waals surface area contributed by atoms with Gasteiger partial charge >= 0.3 is 0 Å². The number of hydrogen-bond donors (Lipinski definition) is 2. The molecule has 1 aliphatic rings. The fraction of sp³-hybridized carbons (Fsp3) is 0.533. The summed E-state index contributed by atoms with van der Waals surface area (Å²) in [5.41, 5.74) is 0.755. The minimum absolute atomic E-state index is 0.0810. The van der Waals surface area contributed by atoms with Gasteiger partial charge < -0.3 is 20.1 Å². The lowest BCUT2D eigenvalue weighted by atomic mass is 10.0. The van der Waals surface area contributed by atoms with Crippen molar-refractivity contribution in [3.8, 4) is 5.75 Å². The Hall–Kier alpha value is -1.59. The van der Waals surface area contributed by atoms with Gasteiger partial charge in [0.05, 0.1) is 18.8 Å². The Labute approximate surface area is 119 Å². The molecular weight excluding hydrogens is 256 g/mol. The minimum atomic E-state index is -0.203. The third kappa shape index (κ3) is 3.49. The van der Waals surface area contributed by atoms with E-state index in [4.69, 9.17) is 9.47 Å². The first-order chi connectivity index (χ1) is 9.54. The van der Waals surface area contributed by atoms with Crippen LogP contribution in [0.5, 0.6) is 5.75 Å². The van der Waals surface area contributed by atoms with E-state index in [0.717, 1.165) is 24.4 Å². The molecule has 0 aromatic heterocycles. The highest BCUT2D eigenvalue weighted by atomic mass is 16.5. The molecule has 1 heterocycles. The Morgan fingerprint density at radius 3 is 2.75 bits per heavy atom. The summed E-state index contributed by atoms with van der Waals surface area (Å²) in [7, 11) is 1.63. The summed E-state index contributed by atoms with van der Waals surface area (Å²) < 4.78 is 10.9. The number of nitrogens with one attached hydrogen (secondary N) is 2. The van der Waals surface area contributed by atoms with E-state index in [0.29, 0.717) is 0 Å². The van der Waals surface area contributed by atoms with Crippen LogP contribution in [0.25, 0.3) is 0 Å². The lowest BCUT2D eigenvalue weighted by Gasteiger charge is -2.38. The third-order valence-corrected chi connectivity index (χ3v) is 3.53. The van der Waals surface area contributed by atoms with Crippen molar-refractivity contribution in [2.75, 3.05) is 26.8 Å². The summed E-state index contributed by atoms with van der Waals surface area (Å²) in [5.74, 6) is 0.660. The largest absolute Gasteiger partial charge is 0.496 e. The zero-order valence-electron chi connectivity index (χ0n) is 12.2. The van der Waals surface area contributed by atoms with Crippen LogP contribution in [-0.4, -0.2) is 38.3 Å². The predicted octanol–water partition coefficient (Wildman–Crippen LogP) is 1.25. The summed E-state index contributed by atoms with van der Waals surface area (Å²) in [6, 6.07) is 7.55. The normalized spacial score (nSPS) is 17.9. The van der Waals surface area contributed by atoms with Gasteiger partial charge in [0.2, 0.25) is 5.91 Å². The molecule has 0 aliphatic carbocycles. The molecule has 0 unspecified atom stereocenters. The number of amides is 1. The van der Waals surface area contributed by atoms with E-state index in [1.165, 1.54) is 0 Å². The molecule has 2 rings (SSSR count). The number of carbonyl (C=O) groups is 1. The van der Waals surface area contributed by atoms with Crippen LogP contribution in [0.2, 0.25) is 0 Å². The smallest absolute Gasteiger partial charge is 0.246 e. The monoisotopic (exact) mass is 278 g/mol. The topological polar surface area (TPSA) is 59.6 Å². The summed E-state index contributed by atoms with van der Waals surface area (Å²) in [4.78, 5) is 11.9. The maximum absolute atomic E-state index is 11.9. The zero-order chi connectivity index (χ0) is 14.6. The maximum atomic E-state index is 11.9. The zero-order valence-corrected chi connectivity index (χ0v) is 12.2. The second-order valence-corrected chi connectivity index (χ2v) is 5.37. The molecule has 5 heteroatoms. The van der Waals surface area contributed by atoms with Crippen LogP contribution in [0.1, 0.15) is 25.5 Å². The Balaban J connectivity index is 1.87. The third-order valence-electron chi connectivity index (χ3n) is 3.53. The van der Waals surface area contributed by atoms with E-state index in [-0.39, 0.29) is 24.2 Å². The second-order valence-electron chi connectivity index (χ2n) is 5.37. The average molecular weight is 278 g/mol. The van der Waals surface area contributed by atoms with Crippen LogP contribution in [0, 0.1) is 0 Å². The van der Waals surface area contributed by atoms with E-state index in [1.807, 2.05) is 38.1 Å². The molecule has 1 amide bonds. The summed E-state index contributed by atoms with van der Waals surface area (Å²) in [6.07, 6.45) is 0. The first-order valence-electron chi connectivity index (χ1n) is 6.81. The van der Waals surface area contributed by atoms with Gasteiger partial charge in [-0.1, -0.05) is 18.2 Å². The molecule has 1 aromatic rings. The van der Waals surface area contributed by atoms with Crippen LogP contribution >= 0.6 is 0 Å². The molecule has 1 aliphatic heterocycles. The number of para-hydroxylation sites is 1. The SMILES string of the molecule is COc1ccccc1[C@H](C)NC(=O)COC1(C)CNC1. The van der Waals surface area contributed by atoms with Crippen molar-refractivity contribution in [1.29, 1.82) is 0 Å². The van der Waals surface area contributed by atoms with Gasteiger partial charge in [-0.15, -0.1) is 0 Å². The fourth-order valence-corrected chi connectivity index (χ4v) is 2.20. The predicted molar refractivity (Wildman–Crippen MR) is 76.8 cm³/mol. The van der Waals surface area contributed by atoms with Gasteiger partial charge in [-0.05, 0) is 19.9 Å². The van der Waals surface area contributed by atoms with Crippen molar-refractivity contribution in [3.63, 3.8) is 0 Å². The van der Waals surface area contributed by atoms with Crippen molar-refractivity contribution in [3.05, 3.63) is 29.8 Å². The number of carbonyl (C=O) groups excluding carboxylic acids is 1. The molecule has 1 atom stereocenters. The Morgan fingerprint density at radius 1 is 1.45 bits per heavy atom. The van der Waals surface area contributed by atoms with Crippen molar-refractivity contribution in [2.45, 2.75) is 25.5 Å². The maximum Gasteiger partial charge on any atom is 0.246 e. The van der Waals surface area contributed by atoms with E-state index in [2.05, 4.69) is 10.6 Å². The Bertz CT molecular complexity index is 472. The summed E-state index contributed by atoms with van der Waals surface area (Å²) >= 11 is 0. The Kier molecular flexibility index (Phi) is 4.62. The summed E-state index contributed by atoms with van der Waals surface area (Å²) in [5, 5.41) is 6.06. The van der Waals surface area contributed by atoms with Gasteiger partial charge in [-0.3, -0.25) is 4.79 Å². The van der Waals surface area contributed by atoms with Gasteiger partial charge in [-0.25, -0.2) is 0 Å². The lowest BCUT2D eigenvalue weighted by Crippen LogP contribution is -2.59. The first kappa shape index (κ1) is 14.8. The Morgan fingerprint density at radius 2 is 2.15 bits per heavy atom. The van der Waals surface area contributed by atoms with Crippen LogP contribution in [-0.2, 0) is 9.53 Å². The molecule has 0 spiro atoms. The molecule has 1 fully saturated rings. The molecule has 0 bridgehead atoms. The second kappa shape index (κ2) is 6.24. The van der Waals surface area contributed by atoms with Crippen LogP contribution in [0.4, 0.5) is 0 Å². The van der Waals surface area contributed by atoms with E-state index in [1.54, 1.807) is 7.11 Å². The van der Waals surface area contributed by atoms with Gasteiger partial charge in [0.15, 0.2) is 0 Å². The van der Waals surface area contributed by atoms with E-state index in [9.17, 15) is 4.79 Å². The number of rotatable bonds is 6. The van der Waals surface area contributed by atoms with Crippen LogP contribution < -0.4 is 15.4 Å². The molecule has 20 heavy (non-hydrogen) atoms. The van der Waals surface area contributed by atoms with E-state index < -0.39 is 0 Å². The van der Waals surface area contributed by atoms with Crippen molar-refractivity contribution in [1.82, 2.24) is 10.6 Å². The molecule has 1 saturated heterocycles. The van der Waals surface area contributed by atoms with Crippen molar-refractivity contribution < 1.29 is 14.3 Å². The number of hydrogen-bond acceptors (Lipinski definition) is 4. The molecule has 0 saturated carbocycles. The average Bonchev–Trinajstić information content (AvgIpc) is 2.43. The van der Waals surface area contributed by atoms with E-state index >= 15 is 0 Å². The highest BCUT2D eigenvalue weighted by Gasteiger charge is 2.33. The van der Waals surface area contributed by atoms with Gasteiger partial charge in [0, 0.05) is 18.7 Å². The number of ether oxygens (including phenoxy) is 2. The molecule has 0 radical (unpaired) electrons. The standard InChI is InChI=1S/C15H22N2O3/c1-11(12-6-4-5-7-13(12)19-3)17-14(18)8-20-15(2)9-16-10-15/h4-7,11,16H,8-10H2,1-3H3,(H,17,18)/t11-/m0/s1. The van der Waals surface area contributed by atoms with Crippen molar-refractivity contribution >= 4 is 5.91 Å². The van der Waals surface area contributed by atoms with Gasteiger partial charge in [0.1, 0.15) is 12.4 Å². The molecule has 110 valence electrons. The lowest BCUT2D eigenvalue weighted by molar-refractivity contribution is -0.136. The minimum Gasteiger partial charge on any atom is -0.496 e. The number of benzene rings is 1. The fourth-order valence-electron chi connectivity index (χ4n) is 2.20. The van der Waals surface area contributed by atoms with Gasteiger partial charge in [0.25, 0.3) is 0 Å². The first-order valence-corrected chi connectivity index (χ1v) is 6.81. The van der Waals surface area contributed by atoms with Crippen LogP contribution in [0.15, 0.2) is 24.3 Å². The van der Waals surface area contributed by atoms with Crippen molar-refractivity contribution in [2.24, 2.45) is 0 Å². The van der Waals surface area contributed by atoms with Gasteiger partial charge in [-0.2, -0.15) is 0 Å². The van der Waals surface area contributed by atoms with Crippen LogP contribution in [0.3, 0.4) is 0 Å². The molecule has 1 aromatic carbocycles. The quantitative estimate of drug-likeness (QED) is 0.822. The molecule has 2 N–H and O–H groups in total. The number of methoxy groups -OCH3 is 1. The highest BCUT2D eigenvalue weighted by Crippen LogP contribution is 2.24. The summed E-state index contributed by atoms with van der Waals surface area (Å²) in [6.45, 7) is 5.60. The highest BCUT2D eigenvalue weighted by molar-refractivity contribution is 5.77. The molecular formula is C15H22N2O3.